The Labute approximate surface area is 315 Å². The molecule has 12 rings (SSSR count). The Morgan fingerprint density at radius 3 is 2.06 bits per heavy atom. The van der Waals surface area contributed by atoms with Gasteiger partial charge in [0.05, 0.1) is 22.4 Å². The molecule has 3 nitrogen and oxygen atoms in total. The Morgan fingerprint density at radius 1 is 0.389 bits per heavy atom. The molecule has 0 bridgehead atoms. The van der Waals surface area contributed by atoms with Gasteiger partial charge in [0.25, 0.3) is 0 Å². The van der Waals surface area contributed by atoms with Crippen LogP contribution in [0.25, 0.3) is 80.3 Å². The summed E-state index contributed by atoms with van der Waals surface area (Å²) >= 11 is 1.87. The van der Waals surface area contributed by atoms with E-state index in [0.29, 0.717) is 0 Å². The molecule has 0 radical (unpaired) electrons. The maximum atomic E-state index is 6.69. The van der Waals surface area contributed by atoms with Crippen molar-refractivity contribution in [2.45, 2.75) is 0 Å². The van der Waals surface area contributed by atoms with Crippen LogP contribution in [0.2, 0.25) is 0 Å². The third-order valence-corrected chi connectivity index (χ3v) is 12.3. The number of para-hydroxylation sites is 4. The van der Waals surface area contributed by atoms with Crippen LogP contribution in [0.4, 0.5) is 17.1 Å². The molecule has 0 spiro atoms. The van der Waals surface area contributed by atoms with E-state index < -0.39 is 0 Å². The van der Waals surface area contributed by atoms with E-state index in [1.165, 1.54) is 63.5 Å². The van der Waals surface area contributed by atoms with E-state index in [1.807, 2.05) is 17.4 Å². The molecule has 0 N–H and O–H groups in total. The number of fused-ring (bicyclic) bond motifs is 12. The van der Waals surface area contributed by atoms with Crippen molar-refractivity contribution in [2.24, 2.45) is 0 Å². The lowest BCUT2D eigenvalue weighted by atomic mass is 9.96. The Morgan fingerprint density at radius 2 is 1.11 bits per heavy atom. The summed E-state index contributed by atoms with van der Waals surface area (Å²) in [7, 11) is 0. The number of ether oxygens (including phenoxy) is 1. The number of anilines is 3. The zero-order chi connectivity index (χ0) is 35.3. The Bertz CT molecular complexity index is 3320. The summed E-state index contributed by atoms with van der Waals surface area (Å²) in [5.41, 5.74) is 8.97. The number of aromatic nitrogens is 1. The summed E-state index contributed by atoms with van der Waals surface area (Å²) in [4.78, 5) is 2.35. The average Bonchev–Trinajstić information content (AvgIpc) is 3.78. The standard InChI is InChI=1S/C50H30N2OS/c1-2-10-35(11-3-1)51-41-14-6-4-12-38(41)40-29-32(20-25-42(40)51)33-21-26-44-46(30-33)53-45-16-8-7-15-43(45)52(44)36-23-24-37-34(28-36)19-18-31-22-27-48-50(49(31)37)39-13-5-9-17-47(39)54-48/h1-30H. The minimum atomic E-state index is 0.836. The van der Waals surface area contributed by atoms with Gasteiger partial charge in [0.2, 0.25) is 0 Å². The van der Waals surface area contributed by atoms with Gasteiger partial charge in [0.1, 0.15) is 0 Å². The van der Waals surface area contributed by atoms with Gasteiger partial charge in [0.15, 0.2) is 11.5 Å². The minimum Gasteiger partial charge on any atom is -0.453 e. The molecule has 0 unspecified atom stereocenters. The molecule has 3 heterocycles. The number of hydrogen-bond acceptors (Lipinski definition) is 3. The van der Waals surface area contributed by atoms with Crippen molar-refractivity contribution in [3.05, 3.63) is 182 Å². The number of rotatable bonds is 3. The quantitative estimate of drug-likeness (QED) is 0.170. The normalized spacial score (nSPS) is 12.6. The van der Waals surface area contributed by atoms with E-state index in [4.69, 9.17) is 4.74 Å². The van der Waals surface area contributed by atoms with Crippen LogP contribution in [0, 0.1) is 0 Å². The molecule has 0 aliphatic carbocycles. The molecule has 252 valence electrons. The SMILES string of the molecule is c1ccc(-n2c3ccccc3c3cc(-c4ccc5c(c4)Oc4ccccc4N5c4ccc5c(ccc6ccc7sc8ccccc8c7c65)c4)ccc32)cc1. The Balaban J connectivity index is 1.00. The van der Waals surface area contributed by atoms with Crippen LogP contribution in [0.3, 0.4) is 0 Å². The molecular formula is C50H30N2OS. The first-order chi connectivity index (χ1) is 26.8. The molecule has 54 heavy (non-hydrogen) atoms. The molecule has 1 aliphatic heterocycles. The highest BCUT2D eigenvalue weighted by Gasteiger charge is 2.27. The van der Waals surface area contributed by atoms with Gasteiger partial charge in [-0.1, -0.05) is 103 Å². The average molecular weight is 707 g/mol. The highest BCUT2D eigenvalue weighted by atomic mass is 32.1. The van der Waals surface area contributed by atoms with E-state index in [0.717, 1.165) is 45.4 Å². The van der Waals surface area contributed by atoms with Crippen molar-refractivity contribution in [1.29, 1.82) is 0 Å². The summed E-state index contributed by atoms with van der Waals surface area (Å²) in [6, 6.07) is 65.9. The topological polar surface area (TPSA) is 17.4 Å². The number of hydrogen-bond donors (Lipinski definition) is 0. The monoisotopic (exact) mass is 706 g/mol. The molecule has 0 atom stereocenters. The second-order valence-electron chi connectivity index (χ2n) is 14.1. The van der Waals surface area contributed by atoms with Gasteiger partial charge in [-0.3, -0.25) is 0 Å². The summed E-state index contributed by atoms with van der Waals surface area (Å²) in [5.74, 6) is 1.68. The van der Waals surface area contributed by atoms with Crippen LogP contribution in [0.5, 0.6) is 11.5 Å². The number of nitrogens with zero attached hydrogens (tertiary/aromatic N) is 2. The molecule has 0 fully saturated rings. The fourth-order valence-electron chi connectivity index (χ4n) is 8.72. The van der Waals surface area contributed by atoms with Crippen LogP contribution < -0.4 is 9.64 Å². The van der Waals surface area contributed by atoms with Gasteiger partial charge in [-0.05, 0) is 112 Å². The second-order valence-corrected chi connectivity index (χ2v) is 15.2. The first-order valence-electron chi connectivity index (χ1n) is 18.3. The summed E-state index contributed by atoms with van der Waals surface area (Å²) in [5, 5.41) is 10.2. The number of benzene rings is 9. The van der Waals surface area contributed by atoms with E-state index >= 15 is 0 Å². The lowest BCUT2D eigenvalue weighted by molar-refractivity contribution is 0.477. The van der Waals surface area contributed by atoms with Crippen molar-refractivity contribution < 1.29 is 4.74 Å². The van der Waals surface area contributed by atoms with Gasteiger partial charge >= 0.3 is 0 Å². The third-order valence-electron chi connectivity index (χ3n) is 11.1. The third kappa shape index (κ3) is 4.29. The van der Waals surface area contributed by atoms with Crippen LogP contribution >= 0.6 is 11.3 Å². The van der Waals surface area contributed by atoms with Crippen molar-refractivity contribution in [3.63, 3.8) is 0 Å². The van der Waals surface area contributed by atoms with Crippen LogP contribution in [0.15, 0.2) is 182 Å². The summed E-state index contributed by atoms with van der Waals surface area (Å²) < 4.78 is 11.7. The molecule has 1 aliphatic rings. The molecule has 0 saturated carbocycles. The van der Waals surface area contributed by atoms with E-state index in [1.54, 1.807) is 0 Å². The van der Waals surface area contributed by atoms with Crippen molar-refractivity contribution in [1.82, 2.24) is 4.57 Å². The predicted molar refractivity (Wildman–Crippen MR) is 229 cm³/mol. The molecular weight excluding hydrogens is 677 g/mol. The van der Waals surface area contributed by atoms with Gasteiger partial charge in [-0.25, -0.2) is 0 Å². The summed E-state index contributed by atoms with van der Waals surface area (Å²) in [6.45, 7) is 0. The largest absolute Gasteiger partial charge is 0.453 e. The molecule has 0 amide bonds. The Hall–Kier alpha value is -6.88. The highest BCUT2D eigenvalue weighted by molar-refractivity contribution is 7.26. The van der Waals surface area contributed by atoms with Crippen LogP contribution in [0.1, 0.15) is 0 Å². The molecule has 4 heteroatoms. The molecule has 0 saturated heterocycles. The van der Waals surface area contributed by atoms with Crippen LogP contribution in [-0.4, -0.2) is 4.57 Å². The van der Waals surface area contributed by atoms with Crippen molar-refractivity contribution >= 4 is 91.9 Å². The smallest absolute Gasteiger partial charge is 0.152 e. The molecule has 9 aromatic carbocycles. The number of thiophene rings is 1. The fraction of sp³-hybridized carbons (Fsp3) is 0. The first kappa shape index (κ1) is 29.7. The predicted octanol–water partition coefficient (Wildman–Crippen LogP) is 14.7. The highest BCUT2D eigenvalue weighted by Crippen LogP contribution is 2.52. The second kappa shape index (κ2) is 11.3. The minimum absolute atomic E-state index is 0.836. The fourth-order valence-corrected chi connectivity index (χ4v) is 9.83. The van der Waals surface area contributed by atoms with Crippen LogP contribution in [-0.2, 0) is 0 Å². The van der Waals surface area contributed by atoms with Gasteiger partial charge in [-0.15, -0.1) is 11.3 Å². The lowest BCUT2D eigenvalue weighted by Gasteiger charge is -2.33. The molecule has 2 aromatic heterocycles. The van der Waals surface area contributed by atoms with E-state index in [2.05, 4.69) is 185 Å². The Kier molecular flexibility index (Phi) is 6.21. The van der Waals surface area contributed by atoms with Gasteiger partial charge in [0, 0.05) is 42.3 Å². The first-order valence-corrected chi connectivity index (χ1v) is 19.2. The van der Waals surface area contributed by atoms with Crippen molar-refractivity contribution in [3.8, 4) is 28.3 Å². The maximum Gasteiger partial charge on any atom is 0.152 e. The maximum absolute atomic E-state index is 6.69. The zero-order valence-corrected chi connectivity index (χ0v) is 29.8. The van der Waals surface area contributed by atoms with Crippen molar-refractivity contribution in [2.75, 3.05) is 4.90 Å². The van der Waals surface area contributed by atoms with E-state index in [-0.39, 0.29) is 0 Å². The van der Waals surface area contributed by atoms with Gasteiger partial charge < -0.3 is 14.2 Å². The summed E-state index contributed by atoms with van der Waals surface area (Å²) in [6.07, 6.45) is 0. The van der Waals surface area contributed by atoms with E-state index in [9.17, 15) is 0 Å². The zero-order valence-electron chi connectivity index (χ0n) is 29.0. The molecule has 11 aromatic rings. The lowest BCUT2D eigenvalue weighted by Crippen LogP contribution is -2.15. The van der Waals surface area contributed by atoms with Gasteiger partial charge in [-0.2, -0.15) is 0 Å².